The van der Waals surface area contributed by atoms with Crippen LogP contribution in [0.3, 0.4) is 0 Å². The highest BCUT2D eigenvalue weighted by molar-refractivity contribution is 5.38. The molecule has 17 heavy (non-hydrogen) atoms. The smallest absolute Gasteiger partial charge is 0.0866 e. The van der Waals surface area contributed by atoms with Crippen molar-refractivity contribution in [2.75, 3.05) is 13.1 Å². The minimum Gasteiger partial charge on any atom is -0.345 e. The molecule has 0 unspecified atom stereocenters. The average molecular weight is 224 g/mol. The van der Waals surface area contributed by atoms with Gasteiger partial charge in [0, 0.05) is 6.42 Å². The summed E-state index contributed by atoms with van der Waals surface area (Å²) in [6.45, 7) is 2.38. The lowest BCUT2D eigenvalue weighted by Gasteiger charge is -2.16. The summed E-state index contributed by atoms with van der Waals surface area (Å²) in [5, 5.41) is 2.44. The van der Waals surface area contributed by atoms with Gasteiger partial charge in [0.2, 0.25) is 0 Å². The third-order valence-electron chi connectivity index (χ3n) is 3.65. The Morgan fingerprint density at radius 2 is 1.65 bits per heavy atom. The molecule has 3 rings (SSSR count). The van der Waals surface area contributed by atoms with Crippen LogP contribution in [0.15, 0.2) is 54.6 Å². The van der Waals surface area contributed by atoms with Crippen molar-refractivity contribution in [3.8, 4) is 0 Å². The lowest BCUT2D eigenvalue weighted by Crippen LogP contribution is -2.85. The van der Waals surface area contributed by atoms with E-state index < -0.39 is 0 Å². The summed E-state index contributed by atoms with van der Waals surface area (Å²) in [4.78, 5) is 0. The largest absolute Gasteiger partial charge is 0.345 e. The van der Waals surface area contributed by atoms with Crippen LogP contribution in [-0.2, 0) is 6.42 Å². The molecular formula is C16H18N+. The van der Waals surface area contributed by atoms with Gasteiger partial charge in [-0.1, -0.05) is 54.6 Å². The summed E-state index contributed by atoms with van der Waals surface area (Å²) < 4.78 is 0. The van der Waals surface area contributed by atoms with Crippen molar-refractivity contribution in [2.24, 2.45) is 0 Å². The molecule has 0 amide bonds. The Morgan fingerprint density at radius 3 is 2.53 bits per heavy atom. The topological polar surface area (TPSA) is 16.6 Å². The predicted molar refractivity (Wildman–Crippen MR) is 70.1 cm³/mol. The van der Waals surface area contributed by atoms with Crippen LogP contribution in [0, 0.1) is 0 Å². The number of hydrogen-bond donors (Lipinski definition) is 1. The first-order chi connectivity index (χ1) is 8.45. The molecule has 86 valence electrons. The minimum atomic E-state index is 0.551. The quantitative estimate of drug-likeness (QED) is 0.762. The summed E-state index contributed by atoms with van der Waals surface area (Å²) in [6.07, 6.45) is 1.19. The number of quaternary nitrogens is 1. The van der Waals surface area contributed by atoms with Crippen molar-refractivity contribution >= 4 is 0 Å². The molecule has 1 atom stereocenters. The van der Waals surface area contributed by atoms with Gasteiger partial charge >= 0.3 is 0 Å². The fourth-order valence-corrected chi connectivity index (χ4v) is 2.77. The Morgan fingerprint density at radius 1 is 0.882 bits per heavy atom. The Kier molecular flexibility index (Phi) is 2.93. The van der Waals surface area contributed by atoms with E-state index in [4.69, 9.17) is 0 Å². The maximum Gasteiger partial charge on any atom is 0.0866 e. The van der Waals surface area contributed by atoms with E-state index in [-0.39, 0.29) is 0 Å². The molecule has 1 heteroatoms. The van der Waals surface area contributed by atoms with E-state index in [0.717, 1.165) is 0 Å². The van der Waals surface area contributed by atoms with Gasteiger partial charge in [-0.15, -0.1) is 0 Å². The second-order valence-electron chi connectivity index (χ2n) is 4.73. The lowest BCUT2D eigenvalue weighted by molar-refractivity contribution is -0.654. The minimum absolute atomic E-state index is 0.551. The van der Waals surface area contributed by atoms with Crippen LogP contribution < -0.4 is 5.32 Å². The molecule has 0 aliphatic carbocycles. The maximum absolute atomic E-state index is 2.44. The van der Waals surface area contributed by atoms with Gasteiger partial charge in [0.15, 0.2) is 0 Å². The van der Waals surface area contributed by atoms with Crippen molar-refractivity contribution < 1.29 is 5.32 Å². The SMILES string of the molecule is c1ccc([C@H]2C[NH2+]CCc3ccccc32)cc1. The zero-order valence-corrected chi connectivity index (χ0v) is 9.97. The molecule has 0 saturated carbocycles. The van der Waals surface area contributed by atoms with Crippen LogP contribution in [0.1, 0.15) is 22.6 Å². The molecule has 0 aromatic heterocycles. The maximum atomic E-state index is 2.44. The Balaban J connectivity index is 2.06. The van der Waals surface area contributed by atoms with Crippen LogP contribution in [0.25, 0.3) is 0 Å². The summed E-state index contributed by atoms with van der Waals surface area (Å²) in [6, 6.07) is 19.8. The van der Waals surface area contributed by atoms with Crippen LogP contribution in [-0.4, -0.2) is 13.1 Å². The normalized spacial score (nSPS) is 19.4. The molecule has 0 saturated heterocycles. The van der Waals surface area contributed by atoms with Crippen LogP contribution in [0.4, 0.5) is 0 Å². The standard InChI is InChI=1S/C16H17N/c1-2-6-13(7-3-1)16-12-17-11-10-14-8-4-5-9-15(14)16/h1-9,16-17H,10-12H2/p+1/t16-/m1/s1. The Bertz CT molecular complexity index is 490. The third-order valence-corrected chi connectivity index (χ3v) is 3.65. The molecule has 2 N–H and O–H groups in total. The second-order valence-corrected chi connectivity index (χ2v) is 4.73. The van der Waals surface area contributed by atoms with Crippen molar-refractivity contribution in [3.05, 3.63) is 71.3 Å². The molecule has 2 aromatic rings. The van der Waals surface area contributed by atoms with Gasteiger partial charge in [0.05, 0.1) is 19.0 Å². The van der Waals surface area contributed by atoms with Gasteiger partial charge in [-0.05, 0) is 16.7 Å². The summed E-state index contributed by atoms with van der Waals surface area (Å²) >= 11 is 0. The highest BCUT2D eigenvalue weighted by atomic mass is 14.9. The van der Waals surface area contributed by atoms with E-state index in [1.165, 1.54) is 36.2 Å². The van der Waals surface area contributed by atoms with Gasteiger partial charge in [0.25, 0.3) is 0 Å². The van der Waals surface area contributed by atoms with Crippen molar-refractivity contribution in [1.29, 1.82) is 0 Å². The molecule has 0 fully saturated rings. The molecule has 0 spiro atoms. The summed E-state index contributed by atoms with van der Waals surface area (Å²) in [5.74, 6) is 0.551. The first-order valence-electron chi connectivity index (χ1n) is 6.39. The van der Waals surface area contributed by atoms with Gasteiger partial charge in [-0.2, -0.15) is 0 Å². The summed E-state index contributed by atoms with van der Waals surface area (Å²) in [5.41, 5.74) is 4.49. The van der Waals surface area contributed by atoms with E-state index in [1.54, 1.807) is 0 Å². The van der Waals surface area contributed by atoms with E-state index in [1.807, 2.05) is 0 Å². The van der Waals surface area contributed by atoms with Gasteiger partial charge in [-0.25, -0.2) is 0 Å². The van der Waals surface area contributed by atoms with E-state index >= 15 is 0 Å². The number of fused-ring (bicyclic) bond motifs is 1. The molecule has 1 heterocycles. The molecule has 1 aliphatic rings. The first kappa shape index (κ1) is 10.5. The van der Waals surface area contributed by atoms with Crippen molar-refractivity contribution in [2.45, 2.75) is 12.3 Å². The number of nitrogens with two attached hydrogens (primary N) is 1. The van der Waals surface area contributed by atoms with E-state index in [9.17, 15) is 0 Å². The lowest BCUT2D eigenvalue weighted by atomic mass is 9.88. The Labute approximate surface area is 102 Å². The molecule has 0 bridgehead atoms. The number of benzene rings is 2. The molecule has 0 radical (unpaired) electrons. The van der Waals surface area contributed by atoms with Gasteiger partial charge in [-0.3, -0.25) is 0 Å². The molecule has 1 aliphatic heterocycles. The van der Waals surface area contributed by atoms with Crippen LogP contribution in [0.5, 0.6) is 0 Å². The highest BCUT2D eigenvalue weighted by Crippen LogP contribution is 2.27. The number of rotatable bonds is 1. The molecule has 2 aromatic carbocycles. The average Bonchev–Trinajstić information content (AvgIpc) is 2.62. The molecular weight excluding hydrogens is 206 g/mol. The monoisotopic (exact) mass is 224 g/mol. The fourth-order valence-electron chi connectivity index (χ4n) is 2.77. The zero-order valence-electron chi connectivity index (χ0n) is 9.97. The van der Waals surface area contributed by atoms with Crippen molar-refractivity contribution in [1.82, 2.24) is 0 Å². The first-order valence-corrected chi connectivity index (χ1v) is 6.39. The van der Waals surface area contributed by atoms with Crippen molar-refractivity contribution in [3.63, 3.8) is 0 Å². The zero-order chi connectivity index (χ0) is 11.5. The number of hydrogen-bond acceptors (Lipinski definition) is 0. The second kappa shape index (κ2) is 4.72. The van der Waals surface area contributed by atoms with E-state index in [2.05, 4.69) is 59.9 Å². The fraction of sp³-hybridized carbons (Fsp3) is 0.250. The third kappa shape index (κ3) is 2.11. The van der Waals surface area contributed by atoms with E-state index in [0.29, 0.717) is 5.92 Å². The van der Waals surface area contributed by atoms with Gasteiger partial charge < -0.3 is 5.32 Å². The Hall–Kier alpha value is -1.60. The summed E-state index contributed by atoms with van der Waals surface area (Å²) in [7, 11) is 0. The van der Waals surface area contributed by atoms with Gasteiger partial charge in [0.1, 0.15) is 0 Å². The highest BCUT2D eigenvalue weighted by Gasteiger charge is 2.21. The predicted octanol–water partition coefficient (Wildman–Crippen LogP) is 1.94. The van der Waals surface area contributed by atoms with Crippen LogP contribution >= 0.6 is 0 Å². The van der Waals surface area contributed by atoms with Crippen LogP contribution in [0.2, 0.25) is 0 Å². The molecule has 1 nitrogen and oxygen atoms in total.